The molecule has 0 radical (unpaired) electrons. The second kappa shape index (κ2) is 4.69. The molecule has 3 nitrogen and oxygen atoms in total. The van der Waals surface area contributed by atoms with Gasteiger partial charge in [0, 0.05) is 5.56 Å². The number of aryl methyl sites for hydroxylation is 1. The molecular formula is C16H14O3. The van der Waals surface area contributed by atoms with E-state index in [0.717, 1.165) is 22.3 Å². The van der Waals surface area contributed by atoms with Gasteiger partial charge in [0.25, 0.3) is 0 Å². The number of rotatable bonds is 3. The van der Waals surface area contributed by atoms with Gasteiger partial charge in [-0.3, -0.25) is 0 Å². The molecule has 0 fully saturated rings. The number of ether oxygens (including phenoxy) is 1. The summed E-state index contributed by atoms with van der Waals surface area (Å²) < 4.78 is 11.2. The maximum absolute atomic E-state index is 9.88. The lowest BCUT2D eigenvalue weighted by Gasteiger charge is -2.07. The third kappa shape index (κ3) is 2.15. The van der Waals surface area contributed by atoms with Gasteiger partial charge in [-0.15, -0.1) is 0 Å². The molecule has 0 saturated heterocycles. The molecule has 0 saturated carbocycles. The first-order valence-corrected chi connectivity index (χ1v) is 6.12. The van der Waals surface area contributed by atoms with Gasteiger partial charge in [0.05, 0.1) is 11.6 Å². The van der Waals surface area contributed by atoms with Crippen LogP contribution in [0.25, 0.3) is 11.0 Å². The molecule has 1 heterocycles. The summed E-state index contributed by atoms with van der Waals surface area (Å²) in [6.07, 6.45) is 1.63. The number of phenolic OH excluding ortho intramolecular Hbond substituents is 1. The molecule has 0 unspecified atom stereocenters. The minimum atomic E-state index is 0.217. The van der Waals surface area contributed by atoms with Crippen molar-refractivity contribution in [2.75, 3.05) is 0 Å². The van der Waals surface area contributed by atoms with Crippen LogP contribution in [0.15, 0.2) is 53.1 Å². The number of para-hydroxylation sites is 1. The van der Waals surface area contributed by atoms with Crippen molar-refractivity contribution in [2.45, 2.75) is 13.5 Å². The molecule has 0 amide bonds. The quantitative estimate of drug-likeness (QED) is 0.767. The Balaban J connectivity index is 1.89. The van der Waals surface area contributed by atoms with E-state index < -0.39 is 0 Å². The zero-order chi connectivity index (χ0) is 13.2. The minimum absolute atomic E-state index is 0.217. The third-order valence-electron chi connectivity index (χ3n) is 3.13. The van der Waals surface area contributed by atoms with E-state index >= 15 is 0 Å². The van der Waals surface area contributed by atoms with Crippen molar-refractivity contribution in [3.05, 3.63) is 59.9 Å². The second-order valence-corrected chi connectivity index (χ2v) is 4.47. The predicted molar refractivity (Wildman–Crippen MR) is 73.4 cm³/mol. The number of phenols is 1. The zero-order valence-corrected chi connectivity index (χ0v) is 10.6. The van der Waals surface area contributed by atoms with Gasteiger partial charge in [-0.05, 0) is 30.7 Å². The van der Waals surface area contributed by atoms with E-state index in [2.05, 4.69) is 0 Å². The number of benzene rings is 2. The smallest absolute Gasteiger partial charge is 0.138 e. The lowest BCUT2D eigenvalue weighted by atomic mass is 10.1. The Morgan fingerprint density at radius 1 is 1.11 bits per heavy atom. The molecule has 0 spiro atoms. The highest BCUT2D eigenvalue weighted by atomic mass is 16.5. The van der Waals surface area contributed by atoms with E-state index in [9.17, 15) is 5.11 Å². The molecule has 3 rings (SSSR count). The Kier molecular flexibility index (Phi) is 2.88. The number of aromatic hydroxyl groups is 1. The highest BCUT2D eigenvalue weighted by Crippen LogP contribution is 2.30. The van der Waals surface area contributed by atoms with Crippen molar-refractivity contribution in [1.82, 2.24) is 0 Å². The Morgan fingerprint density at radius 2 is 1.95 bits per heavy atom. The van der Waals surface area contributed by atoms with Gasteiger partial charge >= 0.3 is 0 Å². The molecule has 96 valence electrons. The normalized spacial score (nSPS) is 10.8. The second-order valence-electron chi connectivity index (χ2n) is 4.47. The van der Waals surface area contributed by atoms with Crippen molar-refractivity contribution in [3.63, 3.8) is 0 Å². The molecule has 0 aliphatic rings. The molecule has 19 heavy (non-hydrogen) atoms. The SMILES string of the molecule is Cc1ccccc1OCc1coc2cccc(O)c12. The highest BCUT2D eigenvalue weighted by Gasteiger charge is 2.10. The topological polar surface area (TPSA) is 42.6 Å². The molecule has 1 N–H and O–H groups in total. The molecule has 0 bridgehead atoms. The standard InChI is InChI=1S/C16H14O3/c1-11-5-2-3-7-14(11)18-9-12-10-19-15-8-4-6-13(17)16(12)15/h2-8,10,17H,9H2,1H3. The summed E-state index contributed by atoms with van der Waals surface area (Å²) in [6.45, 7) is 2.37. The molecule has 2 aromatic carbocycles. The highest BCUT2D eigenvalue weighted by molar-refractivity contribution is 5.87. The number of hydrogen-bond donors (Lipinski definition) is 1. The maximum atomic E-state index is 9.88. The fourth-order valence-corrected chi connectivity index (χ4v) is 2.11. The van der Waals surface area contributed by atoms with Crippen molar-refractivity contribution in [3.8, 4) is 11.5 Å². The minimum Gasteiger partial charge on any atom is -0.507 e. The van der Waals surface area contributed by atoms with E-state index in [1.54, 1.807) is 18.4 Å². The third-order valence-corrected chi connectivity index (χ3v) is 3.13. The van der Waals surface area contributed by atoms with E-state index in [0.29, 0.717) is 12.2 Å². The lowest BCUT2D eigenvalue weighted by Crippen LogP contribution is -1.96. The fourth-order valence-electron chi connectivity index (χ4n) is 2.11. The summed E-state index contributed by atoms with van der Waals surface area (Å²) in [4.78, 5) is 0. The maximum Gasteiger partial charge on any atom is 0.138 e. The Morgan fingerprint density at radius 3 is 2.79 bits per heavy atom. The first-order valence-electron chi connectivity index (χ1n) is 6.12. The van der Waals surface area contributed by atoms with Crippen molar-refractivity contribution >= 4 is 11.0 Å². The molecule has 0 aliphatic carbocycles. The van der Waals surface area contributed by atoms with Crippen LogP contribution in [0.4, 0.5) is 0 Å². The van der Waals surface area contributed by atoms with Crippen LogP contribution in [-0.4, -0.2) is 5.11 Å². The van der Waals surface area contributed by atoms with Crippen LogP contribution in [0, 0.1) is 6.92 Å². The average molecular weight is 254 g/mol. The first-order chi connectivity index (χ1) is 9.25. The monoisotopic (exact) mass is 254 g/mol. The number of furan rings is 1. The molecule has 3 aromatic rings. The van der Waals surface area contributed by atoms with Gasteiger partial charge in [-0.25, -0.2) is 0 Å². The summed E-state index contributed by atoms with van der Waals surface area (Å²) >= 11 is 0. The van der Waals surface area contributed by atoms with E-state index in [-0.39, 0.29) is 5.75 Å². The van der Waals surface area contributed by atoms with E-state index in [1.165, 1.54) is 0 Å². The van der Waals surface area contributed by atoms with Crippen LogP contribution in [0.2, 0.25) is 0 Å². The Labute approximate surface area is 111 Å². The van der Waals surface area contributed by atoms with Crippen LogP contribution in [-0.2, 0) is 6.61 Å². The molecule has 3 heteroatoms. The molecular weight excluding hydrogens is 240 g/mol. The number of hydrogen-bond acceptors (Lipinski definition) is 3. The zero-order valence-electron chi connectivity index (χ0n) is 10.6. The average Bonchev–Trinajstić information content (AvgIpc) is 2.83. The Bertz CT molecular complexity index is 713. The van der Waals surface area contributed by atoms with Gasteiger partial charge in [0.2, 0.25) is 0 Å². The van der Waals surface area contributed by atoms with Gasteiger partial charge in [0.15, 0.2) is 0 Å². The van der Waals surface area contributed by atoms with Crippen LogP contribution >= 0.6 is 0 Å². The van der Waals surface area contributed by atoms with Gasteiger partial charge in [0.1, 0.15) is 23.7 Å². The summed E-state index contributed by atoms with van der Waals surface area (Å²) in [5, 5.41) is 10.6. The predicted octanol–water partition coefficient (Wildman–Crippen LogP) is 4.03. The molecule has 0 aliphatic heterocycles. The largest absolute Gasteiger partial charge is 0.507 e. The molecule has 0 atom stereocenters. The van der Waals surface area contributed by atoms with Crippen LogP contribution in [0.5, 0.6) is 11.5 Å². The van der Waals surface area contributed by atoms with E-state index in [1.807, 2.05) is 37.3 Å². The van der Waals surface area contributed by atoms with Crippen molar-refractivity contribution in [1.29, 1.82) is 0 Å². The van der Waals surface area contributed by atoms with Crippen LogP contribution < -0.4 is 4.74 Å². The summed E-state index contributed by atoms with van der Waals surface area (Å²) in [5.74, 6) is 1.06. The Hall–Kier alpha value is -2.42. The first kappa shape index (κ1) is 11.7. The number of fused-ring (bicyclic) bond motifs is 1. The summed E-state index contributed by atoms with van der Waals surface area (Å²) in [5.41, 5.74) is 2.60. The summed E-state index contributed by atoms with van der Waals surface area (Å²) in [6, 6.07) is 13.1. The van der Waals surface area contributed by atoms with Crippen LogP contribution in [0.3, 0.4) is 0 Å². The summed E-state index contributed by atoms with van der Waals surface area (Å²) in [7, 11) is 0. The fraction of sp³-hybridized carbons (Fsp3) is 0.125. The van der Waals surface area contributed by atoms with Crippen molar-refractivity contribution in [2.24, 2.45) is 0 Å². The van der Waals surface area contributed by atoms with Crippen molar-refractivity contribution < 1.29 is 14.3 Å². The van der Waals surface area contributed by atoms with Gasteiger partial charge in [-0.2, -0.15) is 0 Å². The van der Waals surface area contributed by atoms with Gasteiger partial charge in [-0.1, -0.05) is 24.3 Å². The van der Waals surface area contributed by atoms with Gasteiger partial charge < -0.3 is 14.3 Å². The van der Waals surface area contributed by atoms with E-state index in [4.69, 9.17) is 9.15 Å². The molecule has 1 aromatic heterocycles. The van der Waals surface area contributed by atoms with Crippen LogP contribution in [0.1, 0.15) is 11.1 Å². The lowest BCUT2D eigenvalue weighted by molar-refractivity contribution is 0.303.